The van der Waals surface area contributed by atoms with Gasteiger partial charge in [0, 0.05) is 49.8 Å². The molecule has 1 aliphatic rings. The second-order valence-corrected chi connectivity index (χ2v) is 10.4. The number of hydrogen-bond donors (Lipinski definition) is 1. The summed E-state index contributed by atoms with van der Waals surface area (Å²) in [4.78, 5) is 27.4. The van der Waals surface area contributed by atoms with Gasteiger partial charge < -0.3 is 4.90 Å². The van der Waals surface area contributed by atoms with Crippen LogP contribution in [0.15, 0.2) is 60.9 Å². The van der Waals surface area contributed by atoms with Crippen molar-refractivity contribution in [1.82, 2.24) is 19.7 Å². The van der Waals surface area contributed by atoms with Crippen molar-refractivity contribution in [1.29, 1.82) is 5.41 Å². The summed E-state index contributed by atoms with van der Waals surface area (Å²) in [5.74, 6) is 1.69. The average Bonchev–Trinajstić information content (AvgIpc) is 3.35. The van der Waals surface area contributed by atoms with Crippen LogP contribution in [0.5, 0.6) is 0 Å². The van der Waals surface area contributed by atoms with E-state index >= 15 is 0 Å². The van der Waals surface area contributed by atoms with E-state index in [1.807, 2.05) is 79.9 Å². The highest BCUT2D eigenvalue weighted by molar-refractivity contribution is 6.22. The van der Waals surface area contributed by atoms with Crippen molar-refractivity contribution in [2.24, 2.45) is 18.9 Å². The number of benzene rings is 2. The van der Waals surface area contributed by atoms with E-state index in [1.165, 1.54) is 4.90 Å². The number of amides is 1. The molecule has 8 heteroatoms. The zero-order valence-corrected chi connectivity index (χ0v) is 22.6. The molecule has 0 saturated heterocycles. The molecule has 2 aromatic carbocycles. The van der Waals surface area contributed by atoms with Gasteiger partial charge in [-0.3, -0.25) is 14.9 Å². The Bertz CT molecular complexity index is 1480. The summed E-state index contributed by atoms with van der Waals surface area (Å²) in [6.45, 7) is 5.03. The first kappa shape index (κ1) is 25.6. The summed E-state index contributed by atoms with van der Waals surface area (Å²) < 4.78 is 1.78. The van der Waals surface area contributed by atoms with Crippen LogP contribution in [0.4, 0.5) is 11.8 Å². The second-order valence-electron chi connectivity index (χ2n) is 10.4. The lowest BCUT2D eigenvalue weighted by atomic mass is 9.84. The molecule has 0 bridgehead atoms. The molecule has 196 valence electrons. The molecular weight excluding hydrogens is 474 g/mol. The molecule has 1 N–H and O–H groups in total. The summed E-state index contributed by atoms with van der Waals surface area (Å²) in [5, 5.41) is 14.3. The van der Waals surface area contributed by atoms with Gasteiger partial charge >= 0.3 is 0 Å². The number of carbonyl (C=O) groups is 1. The summed E-state index contributed by atoms with van der Waals surface area (Å²) in [6, 6.07) is 15.6. The fraction of sp³-hybridized carbons (Fsp3) is 0.367. The van der Waals surface area contributed by atoms with Crippen molar-refractivity contribution < 1.29 is 4.79 Å². The molecule has 5 rings (SSSR count). The highest BCUT2D eigenvalue weighted by Gasteiger charge is 2.32. The largest absolute Gasteiger partial charge is 0.355 e. The number of aromatic nitrogens is 4. The maximum atomic E-state index is 14.1. The van der Waals surface area contributed by atoms with Crippen molar-refractivity contribution in [2.75, 3.05) is 16.8 Å². The molecule has 3 heterocycles. The minimum absolute atomic E-state index is 0.242. The van der Waals surface area contributed by atoms with Crippen molar-refractivity contribution in [3.63, 3.8) is 0 Å². The second kappa shape index (κ2) is 10.7. The van der Waals surface area contributed by atoms with Crippen LogP contribution in [-0.4, -0.2) is 38.5 Å². The molecule has 38 heavy (non-hydrogen) atoms. The summed E-state index contributed by atoms with van der Waals surface area (Å²) >= 11 is 0. The standard InChI is InChI=1S/C30H35N7O/c1-5-20(2)23-15-14-22-10-6-7-11-24(22)29(38)37(27(31)16-23)30-33-26-13-9-8-12-25(26)28(34-30)35(3)18-21-17-32-36(4)19-21/h6-13,17,19-20,23,31H,5,14-16,18H2,1-4H3. The van der Waals surface area contributed by atoms with Crippen LogP contribution in [0, 0.1) is 17.2 Å². The monoisotopic (exact) mass is 509 g/mol. The lowest BCUT2D eigenvalue weighted by Gasteiger charge is -2.27. The Hall–Kier alpha value is -4.07. The number of anilines is 2. The van der Waals surface area contributed by atoms with Gasteiger partial charge in [-0.15, -0.1) is 0 Å². The Morgan fingerprint density at radius 3 is 2.66 bits per heavy atom. The first-order chi connectivity index (χ1) is 18.4. The first-order valence-corrected chi connectivity index (χ1v) is 13.3. The van der Waals surface area contributed by atoms with Crippen molar-refractivity contribution in [2.45, 2.75) is 46.1 Å². The molecule has 1 amide bonds. The predicted octanol–water partition coefficient (Wildman–Crippen LogP) is 5.62. The molecule has 2 unspecified atom stereocenters. The van der Waals surface area contributed by atoms with Crippen molar-refractivity contribution in [3.8, 4) is 0 Å². The van der Waals surface area contributed by atoms with E-state index in [0.29, 0.717) is 36.2 Å². The van der Waals surface area contributed by atoms with Crippen LogP contribution in [-0.2, 0) is 20.0 Å². The third-order valence-corrected chi connectivity index (χ3v) is 7.72. The molecule has 1 aliphatic heterocycles. The molecule has 0 radical (unpaired) electrons. The smallest absolute Gasteiger partial charge is 0.266 e. The molecule has 0 fully saturated rings. The molecule has 0 spiro atoms. The van der Waals surface area contributed by atoms with E-state index in [-0.39, 0.29) is 17.7 Å². The van der Waals surface area contributed by atoms with Crippen LogP contribution in [0.25, 0.3) is 10.9 Å². The number of para-hydroxylation sites is 1. The van der Waals surface area contributed by atoms with Crippen LogP contribution < -0.4 is 9.80 Å². The minimum atomic E-state index is -0.244. The Labute approximate surface area is 223 Å². The molecule has 2 aromatic heterocycles. The Balaban J connectivity index is 1.63. The Kier molecular flexibility index (Phi) is 7.22. The molecule has 8 nitrogen and oxygen atoms in total. The Morgan fingerprint density at radius 1 is 1.13 bits per heavy atom. The molecule has 2 atom stereocenters. The third-order valence-electron chi connectivity index (χ3n) is 7.72. The van der Waals surface area contributed by atoms with Crippen molar-refractivity contribution in [3.05, 3.63) is 77.6 Å². The summed E-state index contributed by atoms with van der Waals surface area (Å²) in [5.41, 5.74) is 3.41. The number of amidine groups is 1. The van der Waals surface area contributed by atoms with Gasteiger partial charge in [0.15, 0.2) is 0 Å². The SMILES string of the molecule is CCC(C)C1CCc2ccccc2C(=O)N(c2nc(N(C)Cc3cnn(C)c3)c3ccccc3n2)C(=N)C1. The quantitative estimate of drug-likeness (QED) is 0.364. The van der Waals surface area contributed by atoms with E-state index < -0.39 is 0 Å². The predicted molar refractivity (Wildman–Crippen MR) is 152 cm³/mol. The fourth-order valence-electron chi connectivity index (χ4n) is 5.34. The van der Waals surface area contributed by atoms with Crippen molar-refractivity contribution >= 4 is 34.4 Å². The number of rotatable bonds is 6. The van der Waals surface area contributed by atoms with E-state index in [1.54, 1.807) is 4.68 Å². The summed E-state index contributed by atoms with van der Waals surface area (Å²) in [7, 11) is 3.87. The molecular formula is C30H35N7O. The highest BCUT2D eigenvalue weighted by Crippen LogP contribution is 2.32. The first-order valence-electron chi connectivity index (χ1n) is 13.3. The van der Waals surface area contributed by atoms with Crippen LogP contribution in [0.2, 0.25) is 0 Å². The molecule has 0 aliphatic carbocycles. The average molecular weight is 510 g/mol. The number of nitrogens with zero attached hydrogens (tertiary/aromatic N) is 6. The van der Waals surface area contributed by atoms with Gasteiger partial charge in [-0.05, 0) is 48.4 Å². The number of nitrogens with one attached hydrogen (secondary N) is 1. The van der Waals surface area contributed by atoms with Gasteiger partial charge in [0.05, 0.1) is 11.7 Å². The van der Waals surface area contributed by atoms with Gasteiger partial charge in [0.1, 0.15) is 11.7 Å². The van der Waals surface area contributed by atoms with Gasteiger partial charge in [-0.1, -0.05) is 50.6 Å². The van der Waals surface area contributed by atoms with E-state index in [2.05, 4.69) is 18.9 Å². The number of carbonyl (C=O) groups excluding carboxylic acids is 1. The van der Waals surface area contributed by atoms with Gasteiger partial charge in [-0.2, -0.15) is 10.1 Å². The highest BCUT2D eigenvalue weighted by atomic mass is 16.2. The van der Waals surface area contributed by atoms with E-state index in [9.17, 15) is 4.79 Å². The maximum Gasteiger partial charge on any atom is 0.266 e. The van der Waals surface area contributed by atoms with Gasteiger partial charge in [0.2, 0.25) is 5.95 Å². The number of hydrogen-bond acceptors (Lipinski definition) is 6. The molecule has 4 aromatic rings. The van der Waals surface area contributed by atoms with Crippen LogP contribution >= 0.6 is 0 Å². The molecule has 0 saturated carbocycles. The van der Waals surface area contributed by atoms with Gasteiger partial charge in [-0.25, -0.2) is 9.88 Å². The van der Waals surface area contributed by atoms with E-state index in [4.69, 9.17) is 15.4 Å². The van der Waals surface area contributed by atoms with Crippen LogP contribution in [0.3, 0.4) is 0 Å². The van der Waals surface area contributed by atoms with E-state index in [0.717, 1.165) is 41.3 Å². The van der Waals surface area contributed by atoms with Gasteiger partial charge in [0.25, 0.3) is 5.91 Å². The fourth-order valence-corrected chi connectivity index (χ4v) is 5.34. The summed E-state index contributed by atoms with van der Waals surface area (Å²) in [6.07, 6.45) is 7.11. The number of fused-ring (bicyclic) bond motifs is 2. The normalized spacial score (nSPS) is 17.1. The zero-order chi connectivity index (χ0) is 26.8. The topological polar surface area (TPSA) is 91.0 Å². The zero-order valence-electron chi connectivity index (χ0n) is 22.6. The van der Waals surface area contributed by atoms with Crippen LogP contribution in [0.1, 0.15) is 54.6 Å². The Morgan fingerprint density at radius 2 is 1.89 bits per heavy atom. The number of aryl methyl sites for hydroxylation is 2. The third kappa shape index (κ3) is 5.03. The minimum Gasteiger partial charge on any atom is -0.355 e. The lowest BCUT2D eigenvalue weighted by Crippen LogP contribution is -2.39. The lowest BCUT2D eigenvalue weighted by molar-refractivity contribution is 0.1000. The maximum absolute atomic E-state index is 14.1.